The lowest BCUT2D eigenvalue weighted by Gasteiger charge is -2.05. The molecule has 1 N–H and O–H groups in total. The number of nitrogens with zero attached hydrogens (tertiary/aromatic N) is 1. The number of hydrogen-bond donors (Lipinski definition) is 1. The molecule has 3 aromatic rings. The summed E-state index contributed by atoms with van der Waals surface area (Å²) >= 11 is 1.46. The van der Waals surface area contributed by atoms with Crippen molar-refractivity contribution in [1.29, 1.82) is 0 Å². The van der Waals surface area contributed by atoms with Gasteiger partial charge in [-0.15, -0.1) is 0 Å². The van der Waals surface area contributed by atoms with Gasteiger partial charge in [0, 0.05) is 4.90 Å². The molecule has 0 radical (unpaired) electrons. The van der Waals surface area contributed by atoms with E-state index in [2.05, 4.69) is 4.98 Å². The maximum absolute atomic E-state index is 9.76. The molecule has 0 unspecified atom stereocenters. The van der Waals surface area contributed by atoms with E-state index in [0.29, 0.717) is 11.0 Å². The Hall–Kier alpha value is -1.94. The standard InChI is InChI=1S/C15H13NO2S/c1-9-7-11(8-10(2)14(9)17)19-15-16-12-5-3-4-6-13(12)18-15/h3-8,17H,1-2H3. The Labute approximate surface area is 115 Å². The highest BCUT2D eigenvalue weighted by Crippen LogP contribution is 2.33. The van der Waals surface area contributed by atoms with Crippen LogP contribution in [0.15, 0.2) is 50.9 Å². The van der Waals surface area contributed by atoms with Crippen molar-refractivity contribution < 1.29 is 9.52 Å². The minimum absolute atomic E-state index is 0.349. The monoisotopic (exact) mass is 271 g/mol. The van der Waals surface area contributed by atoms with Crippen LogP contribution < -0.4 is 0 Å². The molecule has 4 heteroatoms. The Morgan fingerprint density at radius 1 is 1.11 bits per heavy atom. The Bertz CT molecular complexity index is 693. The quantitative estimate of drug-likeness (QED) is 0.754. The van der Waals surface area contributed by atoms with Crippen LogP contribution in [-0.2, 0) is 0 Å². The number of phenols is 1. The first-order valence-corrected chi connectivity index (χ1v) is 6.79. The van der Waals surface area contributed by atoms with E-state index >= 15 is 0 Å². The Morgan fingerprint density at radius 3 is 2.47 bits per heavy atom. The highest BCUT2D eigenvalue weighted by molar-refractivity contribution is 7.99. The number of rotatable bonds is 2. The van der Waals surface area contributed by atoms with Gasteiger partial charge in [0.1, 0.15) is 11.3 Å². The molecule has 0 bridgehead atoms. The molecule has 96 valence electrons. The molecule has 0 aliphatic heterocycles. The van der Waals surface area contributed by atoms with E-state index in [4.69, 9.17) is 4.42 Å². The van der Waals surface area contributed by atoms with Crippen molar-refractivity contribution in [2.45, 2.75) is 24.0 Å². The summed E-state index contributed by atoms with van der Waals surface area (Å²) in [6.07, 6.45) is 0. The molecule has 0 aliphatic rings. The minimum atomic E-state index is 0.349. The van der Waals surface area contributed by atoms with Crippen molar-refractivity contribution in [3.8, 4) is 5.75 Å². The van der Waals surface area contributed by atoms with E-state index < -0.39 is 0 Å². The second-order valence-electron chi connectivity index (χ2n) is 4.46. The molecular weight excluding hydrogens is 258 g/mol. The minimum Gasteiger partial charge on any atom is -0.507 e. The molecule has 3 rings (SSSR count). The Morgan fingerprint density at radius 2 is 1.79 bits per heavy atom. The lowest BCUT2D eigenvalue weighted by molar-refractivity contribution is 0.466. The van der Waals surface area contributed by atoms with Crippen molar-refractivity contribution in [2.24, 2.45) is 0 Å². The van der Waals surface area contributed by atoms with Gasteiger partial charge >= 0.3 is 0 Å². The molecule has 0 saturated carbocycles. The average Bonchev–Trinajstić information content (AvgIpc) is 2.78. The number of aryl methyl sites for hydroxylation is 2. The molecule has 2 aromatic carbocycles. The smallest absolute Gasteiger partial charge is 0.261 e. The fourth-order valence-electron chi connectivity index (χ4n) is 1.97. The first-order valence-electron chi connectivity index (χ1n) is 5.97. The van der Waals surface area contributed by atoms with Gasteiger partial charge in [-0.3, -0.25) is 0 Å². The summed E-state index contributed by atoms with van der Waals surface area (Å²) in [5, 5.41) is 10.4. The molecule has 3 nitrogen and oxygen atoms in total. The third-order valence-electron chi connectivity index (χ3n) is 2.94. The molecule has 0 spiro atoms. The van der Waals surface area contributed by atoms with Crippen LogP contribution in [0.4, 0.5) is 0 Å². The summed E-state index contributed by atoms with van der Waals surface area (Å²) in [6, 6.07) is 11.6. The normalized spacial score (nSPS) is 11.1. The van der Waals surface area contributed by atoms with Gasteiger partial charge in [0.15, 0.2) is 5.58 Å². The van der Waals surface area contributed by atoms with Crippen molar-refractivity contribution in [3.05, 3.63) is 47.5 Å². The van der Waals surface area contributed by atoms with Crippen LogP contribution in [0.5, 0.6) is 5.75 Å². The zero-order valence-corrected chi connectivity index (χ0v) is 11.5. The van der Waals surface area contributed by atoms with Gasteiger partial charge in [0.2, 0.25) is 0 Å². The summed E-state index contributed by atoms with van der Waals surface area (Å²) in [5.74, 6) is 0.349. The molecule has 0 amide bonds. The predicted molar refractivity (Wildman–Crippen MR) is 75.7 cm³/mol. The van der Waals surface area contributed by atoms with Crippen molar-refractivity contribution in [2.75, 3.05) is 0 Å². The number of aromatic nitrogens is 1. The third kappa shape index (κ3) is 2.31. The van der Waals surface area contributed by atoms with Crippen LogP contribution in [0, 0.1) is 13.8 Å². The number of oxazole rings is 1. The molecule has 1 heterocycles. The van der Waals surface area contributed by atoms with Crippen LogP contribution in [0.3, 0.4) is 0 Å². The van der Waals surface area contributed by atoms with Gasteiger partial charge < -0.3 is 9.52 Å². The molecular formula is C15H13NO2S. The number of para-hydroxylation sites is 2. The van der Waals surface area contributed by atoms with Crippen molar-refractivity contribution >= 4 is 22.9 Å². The largest absolute Gasteiger partial charge is 0.507 e. The second-order valence-corrected chi connectivity index (χ2v) is 5.48. The predicted octanol–water partition coefficient (Wildman–Crippen LogP) is 4.30. The van der Waals surface area contributed by atoms with Crippen LogP contribution in [0.1, 0.15) is 11.1 Å². The van der Waals surface area contributed by atoms with Gasteiger partial charge in [0.05, 0.1) is 0 Å². The van der Waals surface area contributed by atoms with Gasteiger partial charge in [-0.25, -0.2) is 4.98 Å². The van der Waals surface area contributed by atoms with Crippen LogP contribution in [0.2, 0.25) is 0 Å². The van der Waals surface area contributed by atoms with Gasteiger partial charge in [-0.1, -0.05) is 12.1 Å². The lowest BCUT2D eigenvalue weighted by Crippen LogP contribution is -1.82. The number of fused-ring (bicyclic) bond motifs is 1. The number of aromatic hydroxyl groups is 1. The van der Waals surface area contributed by atoms with E-state index in [1.807, 2.05) is 50.2 Å². The van der Waals surface area contributed by atoms with Gasteiger partial charge in [-0.05, 0) is 61.0 Å². The van der Waals surface area contributed by atoms with Crippen LogP contribution >= 0.6 is 11.8 Å². The second kappa shape index (κ2) is 4.63. The fraction of sp³-hybridized carbons (Fsp3) is 0.133. The maximum Gasteiger partial charge on any atom is 0.261 e. The van der Waals surface area contributed by atoms with Crippen LogP contribution in [-0.4, -0.2) is 10.1 Å². The average molecular weight is 271 g/mol. The Balaban J connectivity index is 1.96. The molecule has 1 aromatic heterocycles. The molecule has 19 heavy (non-hydrogen) atoms. The third-order valence-corrected chi connectivity index (χ3v) is 3.76. The number of hydrogen-bond acceptors (Lipinski definition) is 4. The lowest BCUT2D eigenvalue weighted by atomic mass is 10.1. The Kier molecular flexibility index (Phi) is 2.95. The summed E-state index contributed by atoms with van der Waals surface area (Å²) in [7, 11) is 0. The maximum atomic E-state index is 9.76. The highest BCUT2D eigenvalue weighted by atomic mass is 32.2. The van der Waals surface area contributed by atoms with E-state index in [0.717, 1.165) is 27.1 Å². The van der Waals surface area contributed by atoms with E-state index in [-0.39, 0.29) is 0 Å². The van der Waals surface area contributed by atoms with Gasteiger partial charge in [0.25, 0.3) is 5.22 Å². The van der Waals surface area contributed by atoms with Crippen molar-refractivity contribution in [3.63, 3.8) is 0 Å². The molecule has 0 fully saturated rings. The zero-order chi connectivity index (χ0) is 13.4. The summed E-state index contributed by atoms with van der Waals surface area (Å²) in [5.41, 5.74) is 3.37. The first kappa shape index (κ1) is 12.1. The SMILES string of the molecule is Cc1cc(Sc2nc3ccccc3o2)cc(C)c1O. The molecule has 0 aliphatic carbocycles. The van der Waals surface area contributed by atoms with E-state index in [9.17, 15) is 5.11 Å². The topological polar surface area (TPSA) is 46.3 Å². The van der Waals surface area contributed by atoms with E-state index in [1.54, 1.807) is 0 Å². The summed E-state index contributed by atoms with van der Waals surface area (Å²) in [6.45, 7) is 3.77. The van der Waals surface area contributed by atoms with Gasteiger partial charge in [-0.2, -0.15) is 0 Å². The zero-order valence-electron chi connectivity index (χ0n) is 10.7. The fourth-order valence-corrected chi connectivity index (χ4v) is 2.92. The van der Waals surface area contributed by atoms with Crippen molar-refractivity contribution in [1.82, 2.24) is 4.98 Å². The summed E-state index contributed by atoms with van der Waals surface area (Å²) in [4.78, 5) is 5.44. The highest BCUT2D eigenvalue weighted by Gasteiger charge is 2.09. The summed E-state index contributed by atoms with van der Waals surface area (Å²) < 4.78 is 5.67. The molecule has 0 atom stereocenters. The first-order chi connectivity index (χ1) is 9.13. The number of benzene rings is 2. The van der Waals surface area contributed by atoms with E-state index in [1.165, 1.54) is 11.8 Å². The molecule has 0 saturated heterocycles. The van der Waals surface area contributed by atoms with Crippen LogP contribution in [0.25, 0.3) is 11.1 Å². The number of phenolic OH excluding ortho intramolecular Hbond substituents is 1.